The van der Waals surface area contributed by atoms with Gasteiger partial charge in [-0.15, -0.1) is 10.2 Å². The second-order valence-electron chi connectivity index (χ2n) is 4.66. The summed E-state index contributed by atoms with van der Waals surface area (Å²) in [6, 6.07) is 5.77. The predicted molar refractivity (Wildman–Crippen MR) is 92.8 cm³/mol. The molecule has 3 rings (SSSR count). The van der Waals surface area contributed by atoms with Gasteiger partial charge in [-0.25, -0.2) is 9.78 Å². The summed E-state index contributed by atoms with van der Waals surface area (Å²) < 4.78 is 5.57. The monoisotopic (exact) mass is 409 g/mol. The second kappa shape index (κ2) is 7.14. The number of imide groups is 1. The first kappa shape index (κ1) is 16.7. The highest BCUT2D eigenvalue weighted by molar-refractivity contribution is 9.10. The summed E-state index contributed by atoms with van der Waals surface area (Å²) in [5.41, 5.74) is 2.15. The van der Waals surface area contributed by atoms with E-state index in [0.29, 0.717) is 16.3 Å². The minimum absolute atomic E-state index is 0.0161. The lowest BCUT2D eigenvalue weighted by Crippen LogP contribution is -2.32. The molecule has 0 spiro atoms. The number of carbonyl (C=O) groups excluding carboxylic acids is 2. The smallest absolute Gasteiger partial charge is 0.413 e. The molecule has 2 amide bonds. The van der Waals surface area contributed by atoms with Crippen molar-refractivity contribution >= 4 is 61.8 Å². The molecule has 0 saturated heterocycles. The first-order valence-electron chi connectivity index (χ1n) is 6.98. The minimum Gasteiger partial charge on any atom is -0.450 e. The van der Waals surface area contributed by atoms with E-state index in [1.54, 1.807) is 6.92 Å². The van der Waals surface area contributed by atoms with E-state index in [4.69, 9.17) is 0 Å². The Hall–Kier alpha value is -2.20. The molecule has 1 aromatic carbocycles. The van der Waals surface area contributed by atoms with Crippen molar-refractivity contribution in [3.8, 4) is 0 Å². The Balaban J connectivity index is 1.73. The summed E-state index contributed by atoms with van der Waals surface area (Å²) in [6.45, 7) is 1.86. The van der Waals surface area contributed by atoms with E-state index in [9.17, 15) is 9.59 Å². The first-order chi connectivity index (χ1) is 11.6. The lowest BCUT2D eigenvalue weighted by Gasteiger charge is -2.03. The van der Waals surface area contributed by atoms with Crippen LogP contribution in [0, 0.1) is 0 Å². The van der Waals surface area contributed by atoms with Crippen molar-refractivity contribution in [1.82, 2.24) is 25.5 Å². The third kappa shape index (κ3) is 3.65. The Morgan fingerprint density at radius 1 is 1.38 bits per heavy atom. The molecule has 2 aromatic heterocycles. The summed E-state index contributed by atoms with van der Waals surface area (Å²) in [6.07, 6.45) is -0.765. The molecule has 2 heterocycles. The van der Waals surface area contributed by atoms with Crippen LogP contribution >= 0.6 is 27.7 Å². The summed E-state index contributed by atoms with van der Waals surface area (Å²) >= 11 is 4.50. The van der Waals surface area contributed by atoms with E-state index in [-0.39, 0.29) is 12.4 Å². The topological polar surface area (TPSA) is 110 Å². The molecule has 8 nitrogen and oxygen atoms in total. The molecule has 0 unspecified atom stereocenters. The van der Waals surface area contributed by atoms with Crippen LogP contribution < -0.4 is 5.32 Å². The summed E-state index contributed by atoms with van der Waals surface area (Å²) in [5, 5.41) is 11.5. The van der Waals surface area contributed by atoms with E-state index in [2.05, 4.69) is 46.1 Å². The van der Waals surface area contributed by atoms with Crippen LogP contribution in [-0.4, -0.2) is 44.5 Å². The van der Waals surface area contributed by atoms with Gasteiger partial charge in [-0.05, 0) is 25.1 Å². The number of carbonyl (C=O) groups is 2. The van der Waals surface area contributed by atoms with Crippen LogP contribution in [0.1, 0.15) is 6.92 Å². The maximum absolute atomic E-state index is 11.6. The van der Waals surface area contributed by atoms with E-state index < -0.39 is 12.0 Å². The highest BCUT2D eigenvalue weighted by Crippen LogP contribution is 2.26. The average Bonchev–Trinajstić information content (AvgIpc) is 2.90. The maximum atomic E-state index is 11.6. The summed E-state index contributed by atoms with van der Waals surface area (Å²) in [5.74, 6) is -0.500. The van der Waals surface area contributed by atoms with Gasteiger partial charge in [0.25, 0.3) is 0 Å². The van der Waals surface area contributed by atoms with Crippen LogP contribution in [-0.2, 0) is 9.53 Å². The number of aromatic amines is 1. The Bertz CT molecular complexity index is 929. The number of halogens is 1. The van der Waals surface area contributed by atoms with Crippen molar-refractivity contribution in [2.75, 3.05) is 12.4 Å². The van der Waals surface area contributed by atoms with Crippen LogP contribution in [0.2, 0.25) is 0 Å². The number of H-pyrrole nitrogens is 1. The van der Waals surface area contributed by atoms with E-state index >= 15 is 0 Å². The largest absolute Gasteiger partial charge is 0.450 e. The molecule has 0 radical (unpaired) electrons. The number of hydrogen-bond donors (Lipinski definition) is 2. The predicted octanol–water partition coefficient (Wildman–Crippen LogP) is 2.63. The number of nitrogens with one attached hydrogen (secondary N) is 2. The molecule has 124 valence electrons. The highest BCUT2D eigenvalue weighted by atomic mass is 79.9. The van der Waals surface area contributed by atoms with Crippen molar-refractivity contribution < 1.29 is 14.3 Å². The van der Waals surface area contributed by atoms with E-state index in [1.807, 2.05) is 18.2 Å². The number of ether oxygens (including phenoxy) is 1. The number of thioether (sulfide) groups is 1. The number of rotatable bonds is 4. The third-order valence-electron chi connectivity index (χ3n) is 3.01. The normalized spacial score (nSPS) is 10.9. The number of alkyl carbamates (subject to hydrolysis) is 1. The SMILES string of the molecule is CCOC(=O)NC(=O)CSc1nnc2c(n1)[nH]c1ccc(Br)cc12. The molecule has 0 saturated carbocycles. The van der Waals surface area contributed by atoms with Crippen molar-refractivity contribution in [2.24, 2.45) is 0 Å². The van der Waals surface area contributed by atoms with Crippen molar-refractivity contribution in [3.05, 3.63) is 22.7 Å². The first-order valence-corrected chi connectivity index (χ1v) is 8.75. The molecule has 24 heavy (non-hydrogen) atoms. The number of amides is 2. The van der Waals surface area contributed by atoms with Gasteiger partial charge in [0.15, 0.2) is 5.65 Å². The van der Waals surface area contributed by atoms with E-state index in [1.165, 1.54) is 0 Å². The van der Waals surface area contributed by atoms with Gasteiger partial charge in [0.1, 0.15) is 5.52 Å². The minimum atomic E-state index is -0.765. The van der Waals surface area contributed by atoms with Crippen LogP contribution in [0.25, 0.3) is 22.1 Å². The molecule has 0 aliphatic heterocycles. The molecular formula is C14H12BrN5O3S. The van der Waals surface area contributed by atoms with Crippen LogP contribution in [0.5, 0.6) is 0 Å². The zero-order valence-electron chi connectivity index (χ0n) is 12.5. The molecule has 3 aromatic rings. The highest BCUT2D eigenvalue weighted by Gasteiger charge is 2.13. The second-order valence-corrected chi connectivity index (χ2v) is 6.52. The standard InChI is InChI=1S/C14H12BrN5O3S/c1-2-23-14(22)17-10(21)6-24-13-18-12-11(19-20-13)8-5-7(15)3-4-9(8)16-12/h3-5H,2,6H2,1H3,(H,16,18,20)(H,17,21,22). The molecule has 2 N–H and O–H groups in total. The molecular weight excluding hydrogens is 398 g/mol. The van der Waals surface area contributed by atoms with Crippen LogP contribution in [0.15, 0.2) is 27.8 Å². The Kier molecular flexibility index (Phi) is 4.95. The number of aromatic nitrogens is 4. The quantitative estimate of drug-likeness (QED) is 0.637. The van der Waals surface area contributed by atoms with E-state index in [0.717, 1.165) is 27.1 Å². The van der Waals surface area contributed by atoms with Gasteiger partial charge in [-0.1, -0.05) is 27.7 Å². The zero-order valence-corrected chi connectivity index (χ0v) is 14.9. The number of hydrogen-bond acceptors (Lipinski definition) is 7. The van der Waals surface area contributed by atoms with Gasteiger partial charge in [0.2, 0.25) is 11.1 Å². The fourth-order valence-electron chi connectivity index (χ4n) is 2.04. The number of benzene rings is 1. The van der Waals surface area contributed by atoms with Crippen LogP contribution in [0.4, 0.5) is 4.79 Å². The average molecular weight is 410 g/mol. The molecule has 0 aliphatic rings. The molecule has 0 atom stereocenters. The molecule has 0 bridgehead atoms. The lowest BCUT2D eigenvalue weighted by atomic mass is 10.2. The van der Waals surface area contributed by atoms with Crippen molar-refractivity contribution in [3.63, 3.8) is 0 Å². The van der Waals surface area contributed by atoms with Gasteiger partial charge in [-0.3, -0.25) is 10.1 Å². The van der Waals surface area contributed by atoms with Gasteiger partial charge in [-0.2, -0.15) is 0 Å². The number of nitrogens with zero attached hydrogens (tertiary/aromatic N) is 3. The summed E-state index contributed by atoms with van der Waals surface area (Å²) in [7, 11) is 0. The van der Waals surface area contributed by atoms with Gasteiger partial charge in [0.05, 0.1) is 12.4 Å². The number of fused-ring (bicyclic) bond motifs is 3. The van der Waals surface area contributed by atoms with Gasteiger partial charge in [0, 0.05) is 15.4 Å². The summed E-state index contributed by atoms with van der Waals surface area (Å²) in [4.78, 5) is 30.3. The molecule has 0 aliphatic carbocycles. The Morgan fingerprint density at radius 3 is 3.00 bits per heavy atom. The Morgan fingerprint density at radius 2 is 2.21 bits per heavy atom. The molecule has 10 heteroatoms. The Labute approximate surface area is 148 Å². The maximum Gasteiger partial charge on any atom is 0.413 e. The van der Waals surface area contributed by atoms with Gasteiger partial charge >= 0.3 is 6.09 Å². The molecule has 0 fully saturated rings. The lowest BCUT2D eigenvalue weighted by molar-refractivity contribution is -0.117. The fourth-order valence-corrected chi connectivity index (χ4v) is 2.98. The zero-order chi connectivity index (χ0) is 17.1. The van der Waals surface area contributed by atoms with Crippen LogP contribution in [0.3, 0.4) is 0 Å². The van der Waals surface area contributed by atoms with Gasteiger partial charge < -0.3 is 9.72 Å². The van der Waals surface area contributed by atoms with Crippen molar-refractivity contribution in [1.29, 1.82) is 0 Å². The van der Waals surface area contributed by atoms with Crippen molar-refractivity contribution in [2.45, 2.75) is 12.1 Å². The fraction of sp³-hybridized carbons (Fsp3) is 0.214. The third-order valence-corrected chi connectivity index (χ3v) is 4.34.